The number of morpholine rings is 1. The molecule has 5 heteroatoms. The number of nitrogen functional groups attached to an aromatic ring is 1. The minimum Gasteiger partial charge on any atom is -0.495 e. The number of rotatable bonds is 2. The molecule has 19 heavy (non-hydrogen) atoms. The lowest BCUT2D eigenvalue weighted by Crippen LogP contribution is -2.48. The van der Waals surface area contributed by atoms with Crippen LogP contribution in [0.3, 0.4) is 0 Å². The van der Waals surface area contributed by atoms with E-state index in [1.54, 1.807) is 25.3 Å². The number of benzene rings is 1. The van der Waals surface area contributed by atoms with Gasteiger partial charge in [0.2, 0.25) is 0 Å². The summed E-state index contributed by atoms with van der Waals surface area (Å²) in [7, 11) is 1.54. The lowest BCUT2D eigenvalue weighted by atomic mass is 10.1. The molecule has 1 amide bonds. The summed E-state index contributed by atoms with van der Waals surface area (Å²) in [6, 6.07) is 5.10. The Kier molecular flexibility index (Phi) is 3.95. The normalized spacial score (nSPS) is 23.2. The van der Waals surface area contributed by atoms with Crippen LogP contribution in [0.25, 0.3) is 0 Å². The van der Waals surface area contributed by atoms with Gasteiger partial charge in [0.05, 0.1) is 25.0 Å². The first-order chi connectivity index (χ1) is 9.01. The average molecular weight is 264 g/mol. The molecule has 1 aromatic carbocycles. The SMILES string of the molecule is COc1cc(C(=O)N2CC(C)OC(C)C2)ccc1N. The molecule has 1 fully saturated rings. The zero-order valence-electron chi connectivity index (χ0n) is 11.6. The van der Waals surface area contributed by atoms with Gasteiger partial charge in [-0.3, -0.25) is 4.79 Å². The number of methoxy groups -OCH3 is 1. The molecule has 1 saturated heterocycles. The number of nitrogens with zero attached hydrogens (tertiary/aromatic N) is 1. The fourth-order valence-electron chi connectivity index (χ4n) is 2.37. The molecule has 2 atom stereocenters. The van der Waals surface area contributed by atoms with Crippen LogP contribution in [-0.2, 0) is 4.74 Å². The lowest BCUT2D eigenvalue weighted by Gasteiger charge is -2.35. The van der Waals surface area contributed by atoms with Crippen LogP contribution in [0.2, 0.25) is 0 Å². The molecule has 5 nitrogen and oxygen atoms in total. The lowest BCUT2D eigenvalue weighted by molar-refractivity contribution is -0.0586. The van der Waals surface area contributed by atoms with Crippen molar-refractivity contribution < 1.29 is 14.3 Å². The van der Waals surface area contributed by atoms with E-state index in [2.05, 4.69) is 0 Å². The summed E-state index contributed by atoms with van der Waals surface area (Å²) in [5.74, 6) is 0.514. The number of hydrogen-bond acceptors (Lipinski definition) is 4. The van der Waals surface area contributed by atoms with E-state index in [0.29, 0.717) is 30.1 Å². The highest BCUT2D eigenvalue weighted by Gasteiger charge is 2.26. The molecule has 0 saturated carbocycles. The maximum absolute atomic E-state index is 12.4. The minimum absolute atomic E-state index is 0.0136. The Bertz CT molecular complexity index is 466. The smallest absolute Gasteiger partial charge is 0.254 e. The number of amides is 1. The van der Waals surface area contributed by atoms with Gasteiger partial charge in [-0.05, 0) is 32.0 Å². The van der Waals surface area contributed by atoms with E-state index in [-0.39, 0.29) is 18.1 Å². The van der Waals surface area contributed by atoms with Crippen LogP contribution in [0.4, 0.5) is 5.69 Å². The van der Waals surface area contributed by atoms with Gasteiger partial charge in [-0.2, -0.15) is 0 Å². The fraction of sp³-hybridized carbons (Fsp3) is 0.500. The number of nitrogens with two attached hydrogens (primary N) is 1. The molecule has 1 aliphatic rings. The van der Waals surface area contributed by atoms with E-state index in [4.69, 9.17) is 15.2 Å². The Morgan fingerprint density at radius 3 is 2.58 bits per heavy atom. The summed E-state index contributed by atoms with van der Waals surface area (Å²) < 4.78 is 10.8. The summed E-state index contributed by atoms with van der Waals surface area (Å²) >= 11 is 0. The Morgan fingerprint density at radius 1 is 1.37 bits per heavy atom. The second kappa shape index (κ2) is 5.48. The van der Waals surface area contributed by atoms with Gasteiger partial charge in [-0.1, -0.05) is 0 Å². The number of anilines is 1. The first-order valence-corrected chi connectivity index (χ1v) is 6.39. The van der Waals surface area contributed by atoms with Crippen molar-refractivity contribution in [3.63, 3.8) is 0 Å². The van der Waals surface area contributed by atoms with Crippen molar-refractivity contribution in [1.82, 2.24) is 4.90 Å². The standard InChI is InChI=1S/C14H20N2O3/c1-9-7-16(8-10(2)19-9)14(17)11-4-5-12(15)13(6-11)18-3/h4-6,9-10H,7-8,15H2,1-3H3. The maximum atomic E-state index is 12.4. The number of carbonyl (C=O) groups excluding carboxylic acids is 1. The molecule has 0 radical (unpaired) electrons. The summed E-state index contributed by atoms with van der Waals surface area (Å²) in [4.78, 5) is 14.3. The minimum atomic E-state index is -0.0136. The average Bonchev–Trinajstić information content (AvgIpc) is 2.37. The zero-order chi connectivity index (χ0) is 14.0. The quantitative estimate of drug-likeness (QED) is 0.823. The Hall–Kier alpha value is -1.75. The molecule has 0 aromatic heterocycles. The van der Waals surface area contributed by atoms with Gasteiger partial charge in [0, 0.05) is 18.7 Å². The molecule has 1 heterocycles. The van der Waals surface area contributed by atoms with Gasteiger partial charge in [-0.15, -0.1) is 0 Å². The Balaban J connectivity index is 2.19. The molecular formula is C14H20N2O3. The summed E-state index contributed by atoms with van der Waals surface area (Å²) in [5.41, 5.74) is 6.87. The van der Waals surface area contributed by atoms with Gasteiger partial charge in [0.1, 0.15) is 5.75 Å². The molecule has 2 rings (SSSR count). The molecule has 104 valence electrons. The van der Waals surface area contributed by atoms with Crippen molar-refractivity contribution in [2.24, 2.45) is 0 Å². The topological polar surface area (TPSA) is 64.8 Å². The molecule has 1 aromatic rings. The Morgan fingerprint density at radius 2 is 2.00 bits per heavy atom. The van der Waals surface area contributed by atoms with Crippen LogP contribution in [-0.4, -0.2) is 43.2 Å². The number of ether oxygens (including phenoxy) is 2. The van der Waals surface area contributed by atoms with Gasteiger partial charge in [0.15, 0.2) is 0 Å². The predicted molar refractivity (Wildman–Crippen MR) is 73.3 cm³/mol. The van der Waals surface area contributed by atoms with Crippen LogP contribution >= 0.6 is 0 Å². The van der Waals surface area contributed by atoms with Crippen molar-refractivity contribution >= 4 is 11.6 Å². The predicted octanol–water partition coefficient (Wildman–Crippen LogP) is 1.53. The maximum Gasteiger partial charge on any atom is 0.254 e. The van der Waals surface area contributed by atoms with Crippen LogP contribution in [0, 0.1) is 0 Å². The fourth-order valence-corrected chi connectivity index (χ4v) is 2.37. The van der Waals surface area contributed by atoms with Crippen molar-refractivity contribution in [2.75, 3.05) is 25.9 Å². The molecule has 2 unspecified atom stereocenters. The van der Waals surface area contributed by atoms with E-state index >= 15 is 0 Å². The van der Waals surface area contributed by atoms with E-state index in [0.717, 1.165) is 0 Å². The molecule has 0 bridgehead atoms. The van der Waals surface area contributed by atoms with Crippen LogP contribution < -0.4 is 10.5 Å². The van der Waals surface area contributed by atoms with Gasteiger partial charge < -0.3 is 20.1 Å². The second-order valence-corrected chi connectivity index (χ2v) is 4.92. The zero-order valence-corrected chi connectivity index (χ0v) is 11.6. The summed E-state index contributed by atoms with van der Waals surface area (Å²) in [5, 5.41) is 0. The van der Waals surface area contributed by atoms with Crippen LogP contribution in [0.1, 0.15) is 24.2 Å². The van der Waals surface area contributed by atoms with Gasteiger partial charge in [-0.25, -0.2) is 0 Å². The molecule has 2 N–H and O–H groups in total. The first-order valence-electron chi connectivity index (χ1n) is 6.39. The molecular weight excluding hydrogens is 244 g/mol. The monoisotopic (exact) mass is 264 g/mol. The Labute approximate surface area is 113 Å². The van der Waals surface area contributed by atoms with Crippen LogP contribution in [0.5, 0.6) is 5.75 Å². The van der Waals surface area contributed by atoms with E-state index < -0.39 is 0 Å². The molecule has 1 aliphatic heterocycles. The largest absolute Gasteiger partial charge is 0.495 e. The highest BCUT2D eigenvalue weighted by molar-refractivity contribution is 5.95. The van der Waals surface area contributed by atoms with Gasteiger partial charge >= 0.3 is 0 Å². The molecule has 0 aliphatic carbocycles. The van der Waals surface area contributed by atoms with E-state index in [9.17, 15) is 4.79 Å². The summed E-state index contributed by atoms with van der Waals surface area (Å²) in [6.45, 7) is 5.16. The first kappa shape index (κ1) is 13.7. The third kappa shape index (κ3) is 2.98. The van der Waals surface area contributed by atoms with E-state index in [1.165, 1.54) is 0 Å². The van der Waals surface area contributed by atoms with Crippen molar-refractivity contribution in [1.29, 1.82) is 0 Å². The third-order valence-electron chi connectivity index (χ3n) is 3.19. The third-order valence-corrected chi connectivity index (χ3v) is 3.19. The highest BCUT2D eigenvalue weighted by Crippen LogP contribution is 2.23. The van der Waals surface area contributed by atoms with Crippen molar-refractivity contribution in [3.8, 4) is 5.75 Å². The summed E-state index contributed by atoms with van der Waals surface area (Å²) in [6.07, 6.45) is 0.117. The number of carbonyl (C=O) groups is 1. The van der Waals surface area contributed by atoms with Crippen molar-refractivity contribution in [2.45, 2.75) is 26.1 Å². The van der Waals surface area contributed by atoms with Crippen LogP contribution in [0.15, 0.2) is 18.2 Å². The molecule has 0 spiro atoms. The number of hydrogen-bond donors (Lipinski definition) is 1. The van der Waals surface area contributed by atoms with Crippen molar-refractivity contribution in [3.05, 3.63) is 23.8 Å². The highest BCUT2D eigenvalue weighted by atomic mass is 16.5. The van der Waals surface area contributed by atoms with Gasteiger partial charge in [0.25, 0.3) is 5.91 Å². The van der Waals surface area contributed by atoms with E-state index in [1.807, 2.05) is 18.7 Å². The second-order valence-electron chi connectivity index (χ2n) is 4.92.